The molecule has 5 amide bonds. The second-order valence-electron chi connectivity index (χ2n) is 16.9. The number of ether oxygens (including phenoxy) is 1. The maximum atomic E-state index is 14.4. The molecular formula is C37H55N5O7. The van der Waals surface area contributed by atoms with E-state index in [-0.39, 0.29) is 23.9 Å². The molecule has 2 saturated carbocycles. The number of esters is 1. The van der Waals surface area contributed by atoms with E-state index in [0.717, 1.165) is 24.8 Å². The smallest absolute Gasteiger partial charge is 0.329 e. The van der Waals surface area contributed by atoms with Crippen LogP contribution in [-0.2, 0) is 35.3 Å². The number of hydrogen-bond donors (Lipinski definition) is 4. The monoisotopic (exact) mass is 681 g/mol. The van der Waals surface area contributed by atoms with E-state index in [9.17, 15) is 28.8 Å². The zero-order valence-electron chi connectivity index (χ0n) is 30.3. The molecule has 12 heteroatoms. The van der Waals surface area contributed by atoms with Crippen LogP contribution in [0.25, 0.3) is 0 Å². The molecule has 0 spiro atoms. The Bertz CT molecular complexity index is 1430. The molecule has 3 fully saturated rings. The van der Waals surface area contributed by atoms with Gasteiger partial charge in [0.2, 0.25) is 17.6 Å². The normalized spacial score (nSPS) is 23.2. The Morgan fingerprint density at radius 2 is 1.51 bits per heavy atom. The number of hydrogen-bond acceptors (Lipinski definition) is 7. The Morgan fingerprint density at radius 1 is 0.918 bits per heavy atom. The number of ketones is 1. The molecule has 1 heterocycles. The predicted molar refractivity (Wildman–Crippen MR) is 183 cm³/mol. The summed E-state index contributed by atoms with van der Waals surface area (Å²) >= 11 is 0. The fraction of sp³-hybridized carbons (Fsp3) is 0.676. The highest BCUT2D eigenvalue weighted by molar-refractivity contribution is 6.37. The van der Waals surface area contributed by atoms with Crippen LogP contribution in [0.1, 0.15) is 93.1 Å². The van der Waals surface area contributed by atoms with Crippen LogP contribution in [-0.4, -0.2) is 71.1 Å². The minimum atomic E-state index is -1.11. The highest BCUT2D eigenvalue weighted by atomic mass is 16.5. The highest BCUT2D eigenvalue weighted by Gasteiger charge is 2.70. The van der Waals surface area contributed by atoms with Gasteiger partial charge in [-0.25, -0.2) is 9.59 Å². The molecule has 2 aliphatic carbocycles. The van der Waals surface area contributed by atoms with Gasteiger partial charge in [-0.1, -0.05) is 105 Å². The standard InChI is InChI=1S/C37H55N5O7/c1-35(2,3)28(40-34(48)41-29(36(4,5)6)33(47)49-20-22-13-10-9-11-14-22)32(46)42-19-23-25(37(23,7)8)26(42)31(45)39-24(27(43)30(38)44)18-17-21-15-12-16-21/h9-11,13-14,21,23-26,28-29H,12,15-20H2,1-8H3,(H2,38,44)(H,39,45)(H2,40,41,48)/t23-,24?,25-,26-,28+,29-/m0/s1. The van der Waals surface area contributed by atoms with Crippen LogP contribution in [0.2, 0.25) is 0 Å². The Balaban J connectivity index is 1.49. The summed E-state index contributed by atoms with van der Waals surface area (Å²) in [6.07, 6.45) is 4.21. The second kappa shape index (κ2) is 14.5. The summed E-state index contributed by atoms with van der Waals surface area (Å²) in [5.74, 6) is -3.19. The van der Waals surface area contributed by atoms with Gasteiger partial charge in [-0.05, 0) is 52.4 Å². The number of carbonyl (C=O) groups excluding carboxylic acids is 6. The molecule has 1 aromatic carbocycles. The van der Waals surface area contributed by atoms with Crippen LogP contribution in [0.3, 0.4) is 0 Å². The molecule has 6 atom stereocenters. The molecule has 270 valence electrons. The molecule has 5 N–H and O–H groups in total. The van der Waals surface area contributed by atoms with Crippen molar-refractivity contribution in [2.45, 2.75) is 118 Å². The van der Waals surface area contributed by atoms with E-state index < -0.39 is 70.5 Å². The van der Waals surface area contributed by atoms with Crippen molar-refractivity contribution in [3.63, 3.8) is 0 Å². The van der Waals surface area contributed by atoms with Crippen LogP contribution >= 0.6 is 0 Å². The number of fused-ring (bicyclic) bond motifs is 1. The molecule has 1 unspecified atom stereocenters. The molecule has 3 aliphatic rings. The first kappa shape index (κ1) is 37.9. The Hall–Kier alpha value is -3.96. The van der Waals surface area contributed by atoms with Gasteiger partial charge in [0, 0.05) is 6.54 Å². The fourth-order valence-electron chi connectivity index (χ4n) is 7.25. The Morgan fingerprint density at radius 3 is 2.04 bits per heavy atom. The molecule has 0 aromatic heterocycles. The zero-order chi connectivity index (χ0) is 36.5. The number of likely N-dealkylation sites (tertiary alicyclic amines) is 1. The largest absolute Gasteiger partial charge is 0.459 e. The number of rotatable bonds is 13. The van der Waals surface area contributed by atoms with Crippen LogP contribution < -0.4 is 21.7 Å². The Labute approximate surface area is 290 Å². The fourth-order valence-corrected chi connectivity index (χ4v) is 7.25. The molecule has 1 aromatic rings. The van der Waals surface area contributed by atoms with Crippen molar-refractivity contribution in [2.75, 3.05) is 6.54 Å². The van der Waals surface area contributed by atoms with Gasteiger partial charge in [-0.15, -0.1) is 0 Å². The van der Waals surface area contributed by atoms with Crippen LogP contribution in [0, 0.1) is 34.0 Å². The quantitative estimate of drug-likeness (QED) is 0.182. The van der Waals surface area contributed by atoms with Gasteiger partial charge in [0.25, 0.3) is 5.91 Å². The number of carbonyl (C=O) groups is 6. The van der Waals surface area contributed by atoms with Crippen molar-refractivity contribution >= 4 is 35.5 Å². The summed E-state index contributed by atoms with van der Waals surface area (Å²) in [7, 11) is 0. The summed E-state index contributed by atoms with van der Waals surface area (Å²) in [4.78, 5) is 81.2. The lowest BCUT2D eigenvalue weighted by atomic mass is 9.81. The summed E-state index contributed by atoms with van der Waals surface area (Å²) in [5, 5.41) is 8.32. The maximum absolute atomic E-state index is 14.4. The summed E-state index contributed by atoms with van der Waals surface area (Å²) in [6.45, 7) is 15.3. The predicted octanol–water partition coefficient (Wildman–Crippen LogP) is 3.46. The molecule has 0 radical (unpaired) electrons. The minimum Gasteiger partial charge on any atom is -0.459 e. The first-order chi connectivity index (χ1) is 22.7. The molecule has 1 saturated heterocycles. The summed E-state index contributed by atoms with van der Waals surface area (Å²) < 4.78 is 5.54. The van der Waals surface area contributed by atoms with E-state index in [2.05, 4.69) is 16.0 Å². The van der Waals surface area contributed by atoms with Gasteiger partial charge < -0.3 is 31.3 Å². The lowest BCUT2D eigenvalue weighted by molar-refractivity contribution is -0.150. The molecule has 4 rings (SSSR count). The first-order valence-corrected chi connectivity index (χ1v) is 17.5. The third-order valence-electron chi connectivity index (χ3n) is 10.7. The summed E-state index contributed by atoms with van der Waals surface area (Å²) in [5.41, 5.74) is 4.45. The third kappa shape index (κ3) is 8.80. The lowest BCUT2D eigenvalue weighted by Crippen LogP contribution is -2.62. The SMILES string of the molecule is CC(C)(C)[C@H](NC(=O)N[C@@H](C(=O)OCc1ccccc1)C(C)(C)C)C(=O)N1C[C@H]2[C@@H]([C@H]1C(=O)NC(CCC1CCC1)C(=O)C(N)=O)C2(C)C. The second-order valence-corrected chi connectivity index (χ2v) is 16.9. The average Bonchev–Trinajstić information content (AvgIpc) is 3.30. The van der Waals surface area contributed by atoms with Gasteiger partial charge in [0.1, 0.15) is 24.7 Å². The number of Topliss-reactive ketones (excluding diaryl/α,β-unsaturated/α-hetero) is 1. The first-order valence-electron chi connectivity index (χ1n) is 17.5. The van der Waals surface area contributed by atoms with Crippen molar-refractivity contribution in [3.05, 3.63) is 35.9 Å². The molecular weight excluding hydrogens is 626 g/mol. The van der Waals surface area contributed by atoms with Gasteiger partial charge in [-0.3, -0.25) is 19.2 Å². The number of urea groups is 1. The summed E-state index contributed by atoms with van der Waals surface area (Å²) in [6, 6.07) is 4.44. The van der Waals surface area contributed by atoms with Crippen molar-refractivity contribution in [3.8, 4) is 0 Å². The zero-order valence-corrected chi connectivity index (χ0v) is 30.3. The maximum Gasteiger partial charge on any atom is 0.329 e. The number of benzene rings is 1. The lowest BCUT2D eigenvalue weighted by Gasteiger charge is -2.38. The topological polar surface area (TPSA) is 177 Å². The van der Waals surface area contributed by atoms with Crippen LogP contribution in [0.4, 0.5) is 4.79 Å². The number of nitrogens with zero attached hydrogens (tertiary/aromatic N) is 1. The minimum absolute atomic E-state index is 0.0439. The molecule has 1 aliphatic heterocycles. The third-order valence-corrected chi connectivity index (χ3v) is 10.7. The van der Waals surface area contributed by atoms with Gasteiger partial charge in [0.15, 0.2) is 0 Å². The van der Waals surface area contributed by atoms with E-state index in [4.69, 9.17) is 10.5 Å². The van der Waals surface area contributed by atoms with Crippen molar-refractivity contribution in [2.24, 2.45) is 39.7 Å². The number of nitrogens with one attached hydrogen (secondary N) is 3. The van der Waals surface area contributed by atoms with E-state index in [1.54, 1.807) is 20.8 Å². The van der Waals surface area contributed by atoms with Crippen molar-refractivity contribution in [1.29, 1.82) is 0 Å². The highest BCUT2D eigenvalue weighted by Crippen LogP contribution is 2.65. The van der Waals surface area contributed by atoms with Gasteiger partial charge in [0.05, 0.1) is 6.04 Å². The Kier molecular flexibility index (Phi) is 11.2. The average molecular weight is 682 g/mol. The number of amides is 5. The molecule has 0 bridgehead atoms. The van der Waals surface area contributed by atoms with Crippen molar-refractivity contribution in [1.82, 2.24) is 20.9 Å². The molecule has 12 nitrogen and oxygen atoms in total. The number of primary amides is 1. The van der Waals surface area contributed by atoms with E-state index in [1.807, 2.05) is 65.0 Å². The van der Waals surface area contributed by atoms with Gasteiger partial charge >= 0.3 is 12.0 Å². The van der Waals surface area contributed by atoms with Gasteiger partial charge in [-0.2, -0.15) is 0 Å². The van der Waals surface area contributed by atoms with Crippen LogP contribution in [0.15, 0.2) is 30.3 Å². The molecule has 49 heavy (non-hydrogen) atoms. The number of piperidine rings is 1. The van der Waals surface area contributed by atoms with E-state index in [0.29, 0.717) is 25.3 Å². The van der Waals surface area contributed by atoms with E-state index in [1.165, 1.54) is 4.90 Å². The van der Waals surface area contributed by atoms with E-state index >= 15 is 0 Å². The van der Waals surface area contributed by atoms with Crippen LogP contribution in [0.5, 0.6) is 0 Å². The van der Waals surface area contributed by atoms with Crippen molar-refractivity contribution < 1.29 is 33.5 Å². The number of nitrogens with two attached hydrogens (primary N) is 1.